The number of benzene rings is 3. The van der Waals surface area contributed by atoms with E-state index in [9.17, 15) is 18.0 Å². The van der Waals surface area contributed by atoms with E-state index in [1.54, 1.807) is 43.3 Å². The molecule has 0 bridgehead atoms. The first-order chi connectivity index (χ1) is 18.4. The lowest BCUT2D eigenvalue weighted by atomic mass is 10.1. The molecule has 0 spiro atoms. The molecule has 0 aromatic heterocycles. The number of hydrogen-bond donors (Lipinski definition) is 1. The van der Waals surface area contributed by atoms with E-state index in [0.717, 1.165) is 19.9 Å². The summed E-state index contributed by atoms with van der Waals surface area (Å²) in [6.07, 6.45) is 0. The van der Waals surface area contributed by atoms with Crippen LogP contribution in [0, 0.1) is 12.8 Å². The smallest absolute Gasteiger partial charge is 0.264 e. The standard InChI is InChI=1S/C29H33Br2N3O4S/c1-20(2)17-32-29(36)22(4)33(18-23-10-12-24(30)13-11-23)28(35)19-34(26-7-5-6-25(31)16-26)39(37,38)27-14-8-21(3)9-15-27/h5-16,20,22H,17-19H2,1-4H3,(H,32,36). The average molecular weight is 679 g/mol. The molecule has 1 N–H and O–H groups in total. The third-order valence-electron chi connectivity index (χ3n) is 6.10. The maximum Gasteiger partial charge on any atom is 0.264 e. The van der Waals surface area contributed by atoms with E-state index in [-0.39, 0.29) is 23.3 Å². The van der Waals surface area contributed by atoms with E-state index in [1.807, 2.05) is 45.0 Å². The largest absolute Gasteiger partial charge is 0.354 e. The van der Waals surface area contributed by atoms with Crippen molar-refractivity contribution < 1.29 is 18.0 Å². The molecule has 1 atom stereocenters. The number of sulfonamides is 1. The number of halogens is 2. The van der Waals surface area contributed by atoms with Crippen LogP contribution in [-0.2, 0) is 26.2 Å². The third-order valence-corrected chi connectivity index (χ3v) is 8.91. The van der Waals surface area contributed by atoms with Gasteiger partial charge >= 0.3 is 0 Å². The fourth-order valence-corrected chi connectivity index (χ4v) is 5.88. The number of amides is 2. The van der Waals surface area contributed by atoms with Gasteiger partial charge in [-0.05, 0) is 67.8 Å². The van der Waals surface area contributed by atoms with Crippen LogP contribution in [-0.4, -0.2) is 44.3 Å². The molecule has 10 heteroatoms. The molecule has 3 aromatic rings. The van der Waals surface area contributed by atoms with Gasteiger partial charge in [0, 0.05) is 22.0 Å². The predicted octanol–water partition coefficient (Wildman–Crippen LogP) is 5.90. The zero-order chi connectivity index (χ0) is 28.7. The van der Waals surface area contributed by atoms with Crippen molar-refractivity contribution in [2.45, 2.75) is 45.2 Å². The number of nitrogens with one attached hydrogen (secondary N) is 1. The summed E-state index contributed by atoms with van der Waals surface area (Å²) in [4.78, 5) is 28.5. The first kappa shape index (κ1) is 30.8. The number of anilines is 1. The highest BCUT2D eigenvalue weighted by molar-refractivity contribution is 9.10. The summed E-state index contributed by atoms with van der Waals surface area (Å²) < 4.78 is 30.3. The Labute approximate surface area is 247 Å². The van der Waals surface area contributed by atoms with Crippen LogP contribution < -0.4 is 9.62 Å². The minimum Gasteiger partial charge on any atom is -0.354 e. The first-order valence-corrected chi connectivity index (χ1v) is 15.6. The van der Waals surface area contributed by atoms with Crippen LogP contribution in [0.5, 0.6) is 0 Å². The monoisotopic (exact) mass is 677 g/mol. The Morgan fingerprint density at radius 2 is 1.54 bits per heavy atom. The Morgan fingerprint density at radius 1 is 0.897 bits per heavy atom. The average Bonchev–Trinajstić information content (AvgIpc) is 2.89. The number of carbonyl (C=O) groups excluding carboxylic acids is 2. The van der Waals surface area contributed by atoms with Crippen molar-refractivity contribution in [3.8, 4) is 0 Å². The van der Waals surface area contributed by atoms with Crippen molar-refractivity contribution in [1.29, 1.82) is 0 Å². The third kappa shape index (κ3) is 8.40. The molecule has 0 aliphatic rings. The van der Waals surface area contributed by atoms with Crippen molar-refractivity contribution >= 4 is 59.4 Å². The van der Waals surface area contributed by atoms with E-state index in [2.05, 4.69) is 37.2 Å². The topological polar surface area (TPSA) is 86.8 Å². The molecule has 0 aliphatic carbocycles. The molecule has 0 saturated heterocycles. The molecule has 2 amide bonds. The second-order valence-corrected chi connectivity index (χ2v) is 13.5. The second-order valence-electron chi connectivity index (χ2n) is 9.77. The van der Waals surface area contributed by atoms with Crippen LogP contribution in [0.1, 0.15) is 31.9 Å². The summed E-state index contributed by atoms with van der Waals surface area (Å²) in [6, 6.07) is 19.9. The van der Waals surface area contributed by atoms with Gasteiger partial charge in [-0.3, -0.25) is 13.9 Å². The van der Waals surface area contributed by atoms with Crippen LogP contribution >= 0.6 is 31.9 Å². The van der Waals surface area contributed by atoms with Crippen molar-refractivity contribution in [1.82, 2.24) is 10.2 Å². The second kappa shape index (κ2) is 13.6. The number of aryl methyl sites for hydroxylation is 1. The molecular weight excluding hydrogens is 646 g/mol. The Balaban J connectivity index is 2.01. The summed E-state index contributed by atoms with van der Waals surface area (Å²) in [5.41, 5.74) is 2.06. The number of rotatable bonds is 11. The summed E-state index contributed by atoms with van der Waals surface area (Å²) in [5, 5.41) is 2.89. The van der Waals surface area contributed by atoms with E-state index < -0.39 is 28.5 Å². The van der Waals surface area contributed by atoms with E-state index in [1.165, 1.54) is 17.0 Å². The Hall–Kier alpha value is -2.69. The Morgan fingerprint density at radius 3 is 2.13 bits per heavy atom. The lowest BCUT2D eigenvalue weighted by molar-refractivity contribution is -0.139. The van der Waals surface area contributed by atoms with Gasteiger partial charge in [0.05, 0.1) is 10.6 Å². The van der Waals surface area contributed by atoms with Gasteiger partial charge in [0.2, 0.25) is 11.8 Å². The molecule has 208 valence electrons. The van der Waals surface area contributed by atoms with Crippen LogP contribution in [0.3, 0.4) is 0 Å². The molecule has 7 nitrogen and oxygen atoms in total. The SMILES string of the molecule is Cc1ccc(S(=O)(=O)N(CC(=O)N(Cc2ccc(Br)cc2)C(C)C(=O)NCC(C)C)c2cccc(Br)c2)cc1. The fraction of sp³-hybridized carbons (Fsp3) is 0.310. The molecule has 3 aromatic carbocycles. The first-order valence-electron chi connectivity index (χ1n) is 12.5. The number of carbonyl (C=O) groups is 2. The maximum absolute atomic E-state index is 13.9. The Kier molecular flexibility index (Phi) is 10.7. The summed E-state index contributed by atoms with van der Waals surface area (Å²) in [5.74, 6) is -0.561. The zero-order valence-electron chi connectivity index (χ0n) is 22.4. The normalized spacial score (nSPS) is 12.2. The lowest BCUT2D eigenvalue weighted by Gasteiger charge is -2.32. The highest BCUT2D eigenvalue weighted by atomic mass is 79.9. The zero-order valence-corrected chi connectivity index (χ0v) is 26.4. The van der Waals surface area contributed by atoms with Crippen LogP contribution in [0.25, 0.3) is 0 Å². The van der Waals surface area contributed by atoms with Crippen molar-refractivity contribution in [2.24, 2.45) is 5.92 Å². The van der Waals surface area contributed by atoms with Gasteiger partial charge in [0.15, 0.2) is 0 Å². The molecule has 0 saturated carbocycles. The highest BCUT2D eigenvalue weighted by Crippen LogP contribution is 2.27. The van der Waals surface area contributed by atoms with Gasteiger partial charge in [-0.1, -0.05) is 81.6 Å². The summed E-state index contributed by atoms with van der Waals surface area (Å²) in [7, 11) is -4.10. The van der Waals surface area contributed by atoms with Gasteiger partial charge in [0.25, 0.3) is 10.0 Å². The molecule has 3 rings (SSSR count). The van der Waals surface area contributed by atoms with Gasteiger partial charge < -0.3 is 10.2 Å². The molecule has 39 heavy (non-hydrogen) atoms. The minimum absolute atomic E-state index is 0.0723. The van der Waals surface area contributed by atoms with Crippen LogP contribution in [0.2, 0.25) is 0 Å². The molecule has 0 fully saturated rings. The Bertz CT molecular complexity index is 1390. The molecule has 1 unspecified atom stereocenters. The molecular formula is C29H33Br2N3O4S. The minimum atomic E-state index is -4.10. The van der Waals surface area contributed by atoms with E-state index in [0.29, 0.717) is 16.7 Å². The van der Waals surface area contributed by atoms with Gasteiger partial charge in [0.1, 0.15) is 12.6 Å². The quantitative estimate of drug-likeness (QED) is 0.274. The van der Waals surface area contributed by atoms with Gasteiger partial charge in [-0.2, -0.15) is 0 Å². The lowest BCUT2D eigenvalue weighted by Crippen LogP contribution is -2.51. The highest BCUT2D eigenvalue weighted by Gasteiger charge is 2.32. The van der Waals surface area contributed by atoms with E-state index >= 15 is 0 Å². The fourth-order valence-electron chi connectivity index (χ4n) is 3.82. The van der Waals surface area contributed by atoms with Crippen LogP contribution in [0.4, 0.5) is 5.69 Å². The maximum atomic E-state index is 13.9. The predicted molar refractivity (Wildman–Crippen MR) is 162 cm³/mol. The number of nitrogens with zero attached hydrogens (tertiary/aromatic N) is 2. The van der Waals surface area contributed by atoms with Gasteiger partial charge in [-0.25, -0.2) is 8.42 Å². The number of hydrogen-bond acceptors (Lipinski definition) is 4. The molecule has 0 aliphatic heterocycles. The molecule has 0 radical (unpaired) electrons. The van der Waals surface area contributed by atoms with Gasteiger partial charge in [-0.15, -0.1) is 0 Å². The van der Waals surface area contributed by atoms with Crippen molar-refractivity contribution in [2.75, 3.05) is 17.4 Å². The van der Waals surface area contributed by atoms with Crippen LogP contribution in [0.15, 0.2) is 86.6 Å². The molecule has 0 heterocycles. The summed E-state index contributed by atoms with van der Waals surface area (Å²) >= 11 is 6.82. The van der Waals surface area contributed by atoms with Crippen molar-refractivity contribution in [3.05, 3.63) is 92.9 Å². The van der Waals surface area contributed by atoms with E-state index in [4.69, 9.17) is 0 Å². The van der Waals surface area contributed by atoms with Crippen molar-refractivity contribution in [3.63, 3.8) is 0 Å². The summed E-state index contributed by atoms with van der Waals surface area (Å²) in [6.45, 7) is 7.63.